The first kappa shape index (κ1) is 23.4. The predicted octanol–water partition coefficient (Wildman–Crippen LogP) is 3.95. The lowest BCUT2D eigenvalue weighted by Crippen LogP contribution is -2.34. The SMILES string of the molecule is Cc1cnc(Nc2ccc3c(c2)OCO3)nc1-n1cc(NC(=O)NC(CO)c2cccc(Cl)c2)cn1. The fourth-order valence-corrected chi connectivity index (χ4v) is 3.81. The number of hydrogen-bond donors (Lipinski definition) is 4. The summed E-state index contributed by atoms with van der Waals surface area (Å²) < 4.78 is 12.3. The lowest BCUT2D eigenvalue weighted by molar-refractivity contribution is 0.174. The number of nitrogens with one attached hydrogen (secondary N) is 3. The van der Waals surface area contributed by atoms with Crippen molar-refractivity contribution in [2.24, 2.45) is 0 Å². The average molecular weight is 508 g/mol. The van der Waals surface area contributed by atoms with Crippen LogP contribution in [0.4, 0.5) is 22.1 Å². The Hall–Kier alpha value is -4.35. The number of fused-ring (bicyclic) bond motifs is 1. The second-order valence-corrected chi connectivity index (χ2v) is 8.39. The van der Waals surface area contributed by atoms with Crippen LogP contribution in [-0.4, -0.2) is 44.3 Å². The number of carbonyl (C=O) groups excluding carboxylic acids is 1. The van der Waals surface area contributed by atoms with Gasteiger partial charge < -0.3 is 30.5 Å². The van der Waals surface area contributed by atoms with Crippen LogP contribution in [0.2, 0.25) is 5.02 Å². The van der Waals surface area contributed by atoms with Gasteiger partial charge in [-0.25, -0.2) is 14.5 Å². The molecule has 1 atom stereocenters. The van der Waals surface area contributed by atoms with Gasteiger partial charge in [0.15, 0.2) is 17.3 Å². The van der Waals surface area contributed by atoms with Crippen molar-refractivity contribution in [2.45, 2.75) is 13.0 Å². The lowest BCUT2D eigenvalue weighted by atomic mass is 10.1. The van der Waals surface area contributed by atoms with Crippen LogP contribution >= 0.6 is 11.6 Å². The van der Waals surface area contributed by atoms with Gasteiger partial charge in [0.2, 0.25) is 12.7 Å². The molecule has 0 spiro atoms. The number of hydrogen-bond acceptors (Lipinski definition) is 8. The van der Waals surface area contributed by atoms with E-state index in [1.807, 2.05) is 25.1 Å². The van der Waals surface area contributed by atoms with Crippen molar-refractivity contribution >= 4 is 35.0 Å². The van der Waals surface area contributed by atoms with Crippen molar-refractivity contribution in [1.29, 1.82) is 0 Å². The molecule has 1 unspecified atom stereocenters. The Morgan fingerprint density at radius 1 is 1.17 bits per heavy atom. The molecule has 4 N–H and O–H groups in total. The number of benzene rings is 2. The van der Waals surface area contributed by atoms with E-state index in [1.165, 1.54) is 10.9 Å². The van der Waals surface area contributed by atoms with Crippen molar-refractivity contribution in [3.63, 3.8) is 0 Å². The van der Waals surface area contributed by atoms with E-state index in [0.29, 0.717) is 39.5 Å². The van der Waals surface area contributed by atoms with Gasteiger partial charge in [0, 0.05) is 28.5 Å². The van der Waals surface area contributed by atoms with Gasteiger partial charge >= 0.3 is 6.03 Å². The van der Waals surface area contributed by atoms with Crippen LogP contribution in [0, 0.1) is 6.92 Å². The molecule has 0 radical (unpaired) electrons. The summed E-state index contributed by atoms with van der Waals surface area (Å²) in [5, 5.41) is 23.1. The Balaban J connectivity index is 1.27. The Bertz CT molecular complexity index is 1410. The summed E-state index contributed by atoms with van der Waals surface area (Å²) in [4.78, 5) is 21.4. The number of amides is 2. The van der Waals surface area contributed by atoms with E-state index < -0.39 is 12.1 Å². The third-order valence-electron chi connectivity index (χ3n) is 5.37. The topological polar surface area (TPSA) is 135 Å². The zero-order valence-corrected chi connectivity index (χ0v) is 19.9. The molecular formula is C24H22ClN7O4. The molecule has 1 aliphatic heterocycles. The number of anilines is 3. The van der Waals surface area contributed by atoms with Crippen molar-refractivity contribution in [3.05, 3.63) is 77.2 Å². The molecule has 5 rings (SSSR count). The van der Waals surface area contributed by atoms with Gasteiger partial charge in [-0.05, 0) is 36.8 Å². The van der Waals surface area contributed by atoms with Crippen molar-refractivity contribution in [3.8, 4) is 17.3 Å². The minimum absolute atomic E-state index is 0.193. The van der Waals surface area contributed by atoms with Gasteiger partial charge in [0.25, 0.3) is 0 Å². The highest BCUT2D eigenvalue weighted by molar-refractivity contribution is 6.30. The number of ether oxygens (including phenoxy) is 2. The number of aliphatic hydroxyl groups excluding tert-OH is 1. The van der Waals surface area contributed by atoms with E-state index in [2.05, 4.69) is 31.0 Å². The van der Waals surface area contributed by atoms with Crippen LogP contribution in [0.15, 0.2) is 61.1 Å². The monoisotopic (exact) mass is 507 g/mol. The van der Waals surface area contributed by atoms with Gasteiger partial charge in [-0.3, -0.25) is 0 Å². The second kappa shape index (κ2) is 10.1. The van der Waals surface area contributed by atoms with Crippen LogP contribution in [0.25, 0.3) is 5.82 Å². The highest BCUT2D eigenvalue weighted by atomic mass is 35.5. The first-order valence-corrected chi connectivity index (χ1v) is 11.4. The maximum atomic E-state index is 12.5. The van der Waals surface area contributed by atoms with E-state index in [9.17, 15) is 9.90 Å². The highest BCUT2D eigenvalue weighted by Gasteiger charge is 2.16. The maximum absolute atomic E-state index is 12.5. The van der Waals surface area contributed by atoms with Crippen LogP contribution in [0.3, 0.4) is 0 Å². The zero-order chi connectivity index (χ0) is 25.1. The van der Waals surface area contributed by atoms with E-state index in [0.717, 1.165) is 11.3 Å². The van der Waals surface area contributed by atoms with Crippen LogP contribution in [0.1, 0.15) is 17.2 Å². The first-order valence-electron chi connectivity index (χ1n) is 11.0. The maximum Gasteiger partial charge on any atom is 0.319 e. The first-order chi connectivity index (χ1) is 17.5. The van der Waals surface area contributed by atoms with E-state index >= 15 is 0 Å². The number of urea groups is 1. The molecule has 0 saturated carbocycles. The third-order valence-corrected chi connectivity index (χ3v) is 5.61. The summed E-state index contributed by atoms with van der Waals surface area (Å²) in [5.74, 6) is 2.23. The number of aromatic nitrogens is 4. The average Bonchev–Trinajstić information content (AvgIpc) is 3.53. The molecule has 4 aromatic rings. The van der Waals surface area contributed by atoms with Gasteiger partial charge in [-0.1, -0.05) is 23.7 Å². The fraction of sp³-hybridized carbons (Fsp3) is 0.167. The molecule has 0 saturated heterocycles. The number of aliphatic hydroxyl groups is 1. The minimum Gasteiger partial charge on any atom is -0.454 e. The largest absolute Gasteiger partial charge is 0.454 e. The normalized spacial score (nSPS) is 12.8. The Morgan fingerprint density at radius 3 is 2.86 bits per heavy atom. The molecule has 2 aromatic carbocycles. The highest BCUT2D eigenvalue weighted by Crippen LogP contribution is 2.34. The fourth-order valence-electron chi connectivity index (χ4n) is 3.61. The van der Waals surface area contributed by atoms with Crippen molar-refractivity contribution in [2.75, 3.05) is 24.0 Å². The molecule has 184 valence electrons. The molecule has 12 heteroatoms. The molecule has 11 nitrogen and oxygen atoms in total. The molecule has 0 fully saturated rings. The number of aryl methyl sites for hydroxylation is 1. The Labute approximate surface area is 211 Å². The van der Waals surface area contributed by atoms with E-state index in [4.69, 9.17) is 21.1 Å². The standard InChI is InChI=1S/C24H22ClN7O4/c1-14-9-26-23(28-17-5-6-20-21(8-17)36-13-35-20)31-22(14)32-11-18(10-27-32)29-24(34)30-19(12-33)15-3-2-4-16(25)7-15/h2-11,19,33H,12-13H2,1H3,(H,26,28,31)(H2,29,30,34). The molecular weight excluding hydrogens is 486 g/mol. The predicted molar refractivity (Wildman–Crippen MR) is 133 cm³/mol. The summed E-state index contributed by atoms with van der Waals surface area (Å²) in [6, 6.07) is 11.3. The summed E-state index contributed by atoms with van der Waals surface area (Å²) in [6.07, 6.45) is 4.81. The second-order valence-electron chi connectivity index (χ2n) is 7.96. The van der Waals surface area contributed by atoms with E-state index in [-0.39, 0.29) is 13.4 Å². The summed E-state index contributed by atoms with van der Waals surface area (Å²) in [5.41, 5.74) is 2.66. The van der Waals surface area contributed by atoms with Gasteiger partial charge in [-0.2, -0.15) is 10.1 Å². The van der Waals surface area contributed by atoms with Crippen molar-refractivity contribution in [1.82, 2.24) is 25.1 Å². The smallest absolute Gasteiger partial charge is 0.319 e. The van der Waals surface area contributed by atoms with Crippen molar-refractivity contribution < 1.29 is 19.4 Å². The van der Waals surface area contributed by atoms with Crippen LogP contribution in [-0.2, 0) is 0 Å². The molecule has 0 aliphatic carbocycles. The summed E-state index contributed by atoms with van der Waals surface area (Å²) in [7, 11) is 0. The molecule has 1 aliphatic rings. The Morgan fingerprint density at radius 2 is 2.03 bits per heavy atom. The van der Waals surface area contributed by atoms with Crippen LogP contribution in [0.5, 0.6) is 11.5 Å². The van der Waals surface area contributed by atoms with Gasteiger partial charge in [-0.15, -0.1) is 0 Å². The summed E-state index contributed by atoms with van der Waals surface area (Å²) in [6.45, 7) is 1.77. The molecule has 2 aromatic heterocycles. The van der Waals surface area contributed by atoms with E-state index in [1.54, 1.807) is 36.7 Å². The number of rotatable bonds is 7. The quantitative estimate of drug-likeness (QED) is 0.295. The lowest BCUT2D eigenvalue weighted by Gasteiger charge is -2.17. The Kier molecular flexibility index (Phi) is 6.56. The number of nitrogens with zero attached hydrogens (tertiary/aromatic N) is 4. The number of halogens is 1. The summed E-state index contributed by atoms with van der Waals surface area (Å²) >= 11 is 6.02. The molecule has 2 amide bonds. The molecule has 0 bridgehead atoms. The third kappa shape index (κ3) is 5.16. The molecule has 36 heavy (non-hydrogen) atoms. The minimum atomic E-state index is -0.618. The zero-order valence-electron chi connectivity index (χ0n) is 19.1. The van der Waals surface area contributed by atoms with Gasteiger partial charge in [0.1, 0.15) is 0 Å². The number of carbonyl (C=O) groups is 1. The van der Waals surface area contributed by atoms with Gasteiger partial charge in [0.05, 0.1) is 30.7 Å². The van der Waals surface area contributed by atoms with Crippen LogP contribution < -0.4 is 25.4 Å². The molecule has 3 heterocycles.